The molecule has 5 rings (SSSR count). The number of benzene rings is 2. The zero-order valence-corrected chi connectivity index (χ0v) is 18.7. The average molecular weight is 455 g/mol. The summed E-state index contributed by atoms with van der Waals surface area (Å²) in [6, 6.07) is 22.6. The standard InChI is InChI=1S/C27H26N4O3/c32-24-22-12-7-15-28-25(22)31(21-10-5-2-6-11-21)27(34)23(24)26(33)29-20-13-16-30(17-14-20)18-19-8-3-1-4-9-19/h1-12,15,20,32H,13-14,16-18H2,(H,29,33). The SMILES string of the molecule is O=C(NC1CCN(Cc2ccccc2)CC1)c1c(O)c2cccnc2n(-c2ccccc2)c1=O. The Morgan fingerprint density at radius 2 is 1.65 bits per heavy atom. The molecule has 0 unspecified atom stereocenters. The summed E-state index contributed by atoms with van der Waals surface area (Å²) in [7, 11) is 0. The zero-order valence-electron chi connectivity index (χ0n) is 18.7. The summed E-state index contributed by atoms with van der Waals surface area (Å²) >= 11 is 0. The minimum Gasteiger partial charge on any atom is -0.506 e. The third kappa shape index (κ3) is 4.30. The summed E-state index contributed by atoms with van der Waals surface area (Å²) in [6.45, 7) is 2.57. The Bertz CT molecular complexity index is 1360. The lowest BCUT2D eigenvalue weighted by atomic mass is 10.0. The lowest BCUT2D eigenvalue weighted by molar-refractivity contribution is 0.0904. The number of likely N-dealkylation sites (tertiary alicyclic amines) is 1. The number of carbonyl (C=O) groups is 1. The number of hydrogen-bond acceptors (Lipinski definition) is 5. The van der Waals surface area contributed by atoms with Crippen molar-refractivity contribution in [2.45, 2.75) is 25.4 Å². The Balaban J connectivity index is 1.38. The van der Waals surface area contributed by atoms with E-state index >= 15 is 0 Å². The number of nitrogens with zero attached hydrogens (tertiary/aromatic N) is 3. The average Bonchev–Trinajstić information content (AvgIpc) is 2.87. The van der Waals surface area contributed by atoms with Crippen LogP contribution in [0, 0.1) is 0 Å². The second kappa shape index (κ2) is 9.49. The van der Waals surface area contributed by atoms with Crippen molar-refractivity contribution in [1.82, 2.24) is 19.8 Å². The van der Waals surface area contributed by atoms with Gasteiger partial charge < -0.3 is 10.4 Å². The molecular formula is C27H26N4O3. The van der Waals surface area contributed by atoms with E-state index in [2.05, 4.69) is 27.3 Å². The van der Waals surface area contributed by atoms with Crippen molar-refractivity contribution in [3.8, 4) is 11.4 Å². The predicted octanol–water partition coefficient (Wildman–Crippen LogP) is 3.49. The highest BCUT2D eigenvalue weighted by Crippen LogP contribution is 2.27. The van der Waals surface area contributed by atoms with E-state index in [0.717, 1.165) is 32.5 Å². The maximum Gasteiger partial charge on any atom is 0.273 e. The molecule has 0 spiro atoms. The lowest BCUT2D eigenvalue weighted by Crippen LogP contribution is -2.45. The molecule has 4 aromatic rings. The summed E-state index contributed by atoms with van der Waals surface area (Å²) in [4.78, 5) is 33.3. The van der Waals surface area contributed by atoms with Gasteiger partial charge in [0.1, 0.15) is 11.3 Å². The fraction of sp³-hybridized carbons (Fsp3) is 0.222. The summed E-state index contributed by atoms with van der Waals surface area (Å²) in [5, 5.41) is 14.2. The highest BCUT2D eigenvalue weighted by atomic mass is 16.3. The first-order valence-electron chi connectivity index (χ1n) is 11.5. The Kier molecular flexibility index (Phi) is 6.10. The topological polar surface area (TPSA) is 87.5 Å². The maximum atomic E-state index is 13.4. The van der Waals surface area contributed by atoms with Gasteiger partial charge in [0.2, 0.25) is 0 Å². The van der Waals surface area contributed by atoms with E-state index in [9.17, 15) is 14.7 Å². The third-order valence-electron chi connectivity index (χ3n) is 6.32. The van der Waals surface area contributed by atoms with Crippen LogP contribution in [0.5, 0.6) is 5.75 Å². The van der Waals surface area contributed by atoms with Crippen LogP contribution in [0.4, 0.5) is 0 Å². The molecule has 0 bridgehead atoms. The number of aromatic nitrogens is 2. The van der Waals surface area contributed by atoms with Gasteiger partial charge in [0.25, 0.3) is 11.5 Å². The van der Waals surface area contributed by atoms with Gasteiger partial charge in [0, 0.05) is 31.9 Å². The number of aromatic hydroxyl groups is 1. The zero-order chi connectivity index (χ0) is 23.5. The molecule has 0 saturated carbocycles. The predicted molar refractivity (Wildman–Crippen MR) is 131 cm³/mol. The normalized spacial score (nSPS) is 14.8. The minimum atomic E-state index is -0.589. The number of fused-ring (bicyclic) bond motifs is 1. The van der Waals surface area contributed by atoms with Crippen molar-refractivity contribution in [3.63, 3.8) is 0 Å². The highest BCUT2D eigenvalue weighted by molar-refractivity contribution is 6.02. The molecule has 172 valence electrons. The summed E-state index contributed by atoms with van der Waals surface area (Å²) in [6.07, 6.45) is 3.12. The molecule has 0 aliphatic carbocycles. The third-order valence-corrected chi connectivity index (χ3v) is 6.32. The minimum absolute atomic E-state index is 0.0620. The van der Waals surface area contributed by atoms with E-state index in [4.69, 9.17) is 0 Å². The van der Waals surface area contributed by atoms with Gasteiger partial charge >= 0.3 is 0 Å². The molecule has 2 aromatic heterocycles. The van der Waals surface area contributed by atoms with Gasteiger partial charge in [0.15, 0.2) is 5.65 Å². The van der Waals surface area contributed by atoms with Gasteiger partial charge in [-0.1, -0.05) is 48.5 Å². The molecule has 2 N–H and O–H groups in total. The van der Waals surface area contributed by atoms with Gasteiger partial charge in [-0.2, -0.15) is 0 Å². The van der Waals surface area contributed by atoms with Crippen LogP contribution in [-0.2, 0) is 6.54 Å². The molecule has 2 aromatic carbocycles. The molecule has 1 aliphatic heterocycles. The van der Waals surface area contributed by atoms with Crippen molar-refractivity contribution >= 4 is 16.9 Å². The molecule has 7 nitrogen and oxygen atoms in total. The van der Waals surface area contributed by atoms with Crippen LogP contribution in [0.15, 0.2) is 83.8 Å². The maximum absolute atomic E-state index is 13.4. The van der Waals surface area contributed by atoms with Crippen molar-refractivity contribution < 1.29 is 9.90 Å². The molecule has 3 heterocycles. The molecule has 34 heavy (non-hydrogen) atoms. The Morgan fingerprint density at radius 1 is 0.971 bits per heavy atom. The van der Waals surface area contributed by atoms with Crippen LogP contribution in [0.1, 0.15) is 28.8 Å². The highest BCUT2D eigenvalue weighted by Gasteiger charge is 2.27. The quantitative estimate of drug-likeness (QED) is 0.482. The van der Waals surface area contributed by atoms with E-state index in [-0.39, 0.29) is 17.4 Å². The van der Waals surface area contributed by atoms with Crippen molar-refractivity contribution in [2.24, 2.45) is 0 Å². The van der Waals surface area contributed by atoms with Crippen LogP contribution >= 0.6 is 0 Å². The molecular weight excluding hydrogens is 428 g/mol. The van der Waals surface area contributed by atoms with Crippen LogP contribution in [0.3, 0.4) is 0 Å². The number of para-hydroxylation sites is 1. The molecule has 0 radical (unpaired) electrons. The Labute approximate surface area is 197 Å². The van der Waals surface area contributed by atoms with Crippen molar-refractivity contribution in [1.29, 1.82) is 0 Å². The number of piperidine rings is 1. The largest absolute Gasteiger partial charge is 0.506 e. The van der Waals surface area contributed by atoms with Crippen LogP contribution in [0.2, 0.25) is 0 Å². The number of carbonyl (C=O) groups excluding carboxylic acids is 1. The first kappa shape index (κ1) is 21.9. The lowest BCUT2D eigenvalue weighted by Gasteiger charge is -2.32. The van der Waals surface area contributed by atoms with Gasteiger partial charge in [-0.25, -0.2) is 4.98 Å². The number of pyridine rings is 2. The number of rotatable bonds is 5. The van der Waals surface area contributed by atoms with Crippen molar-refractivity contribution in [2.75, 3.05) is 13.1 Å². The van der Waals surface area contributed by atoms with Gasteiger partial charge in [-0.15, -0.1) is 0 Å². The van der Waals surface area contributed by atoms with Gasteiger partial charge in [-0.3, -0.25) is 19.1 Å². The molecule has 1 fully saturated rings. The molecule has 1 saturated heterocycles. The second-order valence-corrected chi connectivity index (χ2v) is 8.58. The Hall–Kier alpha value is -3.97. The number of amides is 1. The smallest absolute Gasteiger partial charge is 0.273 e. The molecule has 1 amide bonds. The molecule has 7 heteroatoms. The van der Waals surface area contributed by atoms with Crippen LogP contribution < -0.4 is 10.9 Å². The van der Waals surface area contributed by atoms with E-state index in [1.807, 2.05) is 36.4 Å². The molecule has 1 aliphatic rings. The van der Waals surface area contributed by atoms with E-state index in [0.29, 0.717) is 16.7 Å². The second-order valence-electron chi connectivity index (χ2n) is 8.58. The Morgan fingerprint density at radius 3 is 2.35 bits per heavy atom. The van der Waals surface area contributed by atoms with Gasteiger partial charge in [-0.05, 0) is 42.7 Å². The van der Waals surface area contributed by atoms with Crippen LogP contribution in [-0.4, -0.2) is 44.6 Å². The fourth-order valence-electron chi connectivity index (χ4n) is 4.56. The summed E-state index contributed by atoms with van der Waals surface area (Å²) in [5.41, 5.74) is 1.31. The van der Waals surface area contributed by atoms with Crippen molar-refractivity contribution in [3.05, 3.63) is 100 Å². The monoisotopic (exact) mass is 454 g/mol. The van der Waals surface area contributed by atoms with Crippen LogP contribution in [0.25, 0.3) is 16.7 Å². The first-order chi connectivity index (χ1) is 16.6. The van der Waals surface area contributed by atoms with E-state index in [1.54, 1.807) is 30.5 Å². The first-order valence-corrected chi connectivity index (χ1v) is 11.5. The number of nitrogens with one attached hydrogen (secondary N) is 1. The number of hydrogen-bond donors (Lipinski definition) is 2. The fourth-order valence-corrected chi connectivity index (χ4v) is 4.56. The summed E-state index contributed by atoms with van der Waals surface area (Å²) in [5.74, 6) is -0.890. The molecule has 0 atom stereocenters. The van der Waals surface area contributed by atoms with E-state index in [1.165, 1.54) is 10.1 Å². The summed E-state index contributed by atoms with van der Waals surface area (Å²) < 4.78 is 1.38. The van der Waals surface area contributed by atoms with Gasteiger partial charge in [0.05, 0.1) is 11.1 Å². The van der Waals surface area contributed by atoms with E-state index < -0.39 is 11.5 Å².